The van der Waals surface area contributed by atoms with Gasteiger partial charge in [-0.05, 0) is 83.1 Å². The molecule has 0 amide bonds. The summed E-state index contributed by atoms with van der Waals surface area (Å²) in [7, 11) is 0. The number of furan rings is 1. The molecule has 59 heavy (non-hydrogen) atoms. The lowest BCUT2D eigenvalue weighted by molar-refractivity contribution is -0.0797. The van der Waals surface area contributed by atoms with Crippen LogP contribution in [0.15, 0.2) is 199 Å². The van der Waals surface area contributed by atoms with Crippen LogP contribution in [-0.4, -0.2) is 20.6 Å². The van der Waals surface area contributed by atoms with Crippen molar-refractivity contribution in [2.45, 2.75) is 45.9 Å². The van der Waals surface area contributed by atoms with Gasteiger partial charge >= 0.3 is 0 Å². The molecule has 0 aliphatic heterocycles. The summed E-state index contributed by atoms with van der Waals surface area (Å²) in [5, 5.41) is 9.85. The van der Waals surface area contributed by atoms with Crippen molar-refractivity contribution < 1.29 is 4.42 Å². The van der Waals surface area contributed by atoms with E-state index in [1.165, 1.54) is 49.6 Å². The van der Waals surface area contributed by atoms with Gasteiger partial charge in [0.15, 0.2) is 0 Å². The Hall–Kier alpha value is -6.72. The summed E-state index contributed by atoms with van der Waals surface area (Å²) >= 11 is 0. The third kappa shape index (κ3) is 7.12. The fraction of sp³-hybridized carbons (Fsp3) is 0.127. The number of fused-ring (bicyclic) bond motifs is 6. The molecule has 0 saturated heterocycles. The molecular weight excluding hydrogens is 719 g/mol. The van der Waals surface area contributed by atoms with E-state index in [0.29, 0.717) is 6.04 Å². The molecule has 8 aromatic carbocycles. The van der Waals surface area contributed by atoms with Gasteiger partial charge in [0.05, 0.1) is 11.0 Å². The maximum atomic E-state index is 6.53. The van der Waals surface area contributed by atoms with E-state index in [2.05, 4.69) is 216 Å². The SMILES string of the molecule is CCC(C)N(Cc1ccccc1)N(Cc1ccccc1)Cc1ccc(-n2c3ccc(-c4ccccc4)cc3c3ccc(-c4cccc5c4oc4ccccc45)cc32)cc1. The van der Waals surface area contributed by atoms with Gasteiger partial charge in [-0.3, -0.25) is 0 Å². The number of rotatable bonds is 12. The van der Waals surface area contributed by atoms with Crippen LogP contribution in [0.25, 0.3) is 71.7 Å². The summed E-state index contributed by atoms with van der Waals surface area (Å²) in [5.74, 6) is 0. The first-order valence-corrected chi connectivity index (χ1v) is 20.8. The first-order chi connectivity index (χ1) is 29.1. The number of aromatic nitrogens is 1. The molecule has 0 bridgehead atoms. The summed E-state index contributed by atoms with van der Waals surface area (Å²) in [5.41, 5.74) is 13.9. The average Bonchev–Trinajstić information content (AvgIpc) is 3.84. The van der Waals surface area contributed by atoms with Crippen molar-refractivity contribution >= 4 is 43.7 Å². The van der Waals surface area contributed by atoms with E-state index < -0.39 is 0 Å². The smallest absolute Gasteiger partial charge is 0.143 e. The van der Waals surface area contributed by atoms with Crippen LogP contribution in [0.2, 0.25) is 0 Å². The largest absolute Gasteiger partial charge is 0.455 e. The molecule has 0 aliphatic carbocycles. The summed E-state index contributed by atoms with van der Waals surface area (Å²) in [4.78, 5) is 0. The monoisotopic (exact) mass is 765 g/mol. The Morgan fingerprint density at radius 2 is 1.10 bits per heavy atom. The van der Waals surface area contributed by atoms with Gasteiger partial charge in [0.2, 0.25) is 0 Å². The van der Waals surface area contributed by atoms with Crippen LogP contribution in [0.4, 0.5) is 0 Å². The molecule has 288 valence electrons. The average molecular weight is 766 g/mol. The minimum atomic E-state index is 0.371. The fourth-order valence-corrected chi connectivity index (χ4v) is 8.76. The topological polar surface area (TPSA) is 24.6 Å². The molecule has 4 heteroatoms. The van der Waals surface area contributed by atoms with E-state index in [1.807, 2.05) is 6.07 Å². The highest BCUT2D eigenvalue weighted by molar-refractivity contribution is 6.13. The maximum absolute atomic E-state index is 6.53. The Kier molecular flexibility index (Phi) is 9.87. The van der Waals surface area contributed by atoms with E-state index >= 15 is 0 Å². The minimum Gasteiger partial charge on any atom is -0.455 e. The Balaban J connectivity index is 1.07. The third-order valence-corrected chi connectivity index (χ3v) is 12.0. The molecular formula is C55H47N3O. The van der Waals surface area contributed by atoms with Crippen molar-refractivity contribution in [3.05, 3.63) is 211 Å². The van der Waals surface area contributed by atoms with Gasteiger partial charge in [0.1, 0.15) is 11.2 Å². The van der Waals surface area contributed by atoms with Gasteiger partial charge < -0.3 is 8.98 Å². The zero-order valence-corrected chi connectivity index (χ0v) is 33.6. The Morgan fingerprint density at radius 1 is 0.475 bits per heavy atom. The highest BCUT2D eigenvalue weighted by atomic mass is 16.3. The van der Waals surface area contributed by atoms with Crippen LogP contribution in [0, 0.1) is 0 Å². The Morgan fingerprint density at radius 3 is 1.83 bits per heavy atom. The van der Waals surface area contributed by atoms with Crippen molar-refractivity contribution in [1.29, 1.82) is 0 Å². The van der Waals surface area contributed by atoms with Gasteiger partial charge in [0.25, 0.3) is 0 Å². The molecule has 4 nitrogen and oxygen atoms in total. The lowest BCUT2D eigenvalue weighted by Crippen LogP contribution is -2.46. The lowest BCUT2D eigenvalue weighted by atomic mass is 10.00. The molecule has 10 aromatic rings. The summed E-state index contributed by atoms with van der Waals surface area (Å²) in [6.45, 7) is 7.12. The second-order valence-electron chi connectivity index (χ2n) is 15.8. The molecule has 0 aliphatic rings. The van der Waals surface area contributed by atoms with E-state index in [0.717, 1.165) is 64.8 Å². The van der Waals surface area contributed by atoms with Gasteiger partial charge in [-0.25, -0.2) is 10.0 Å². The molecule has 0 saturated carbocycles. The predicted octanol–water partition coefficient (Wildman–Crippen LogP) is 14.2. The highest BCUT2D eigenvalue weighted by Crippen LogP contribution is 2.40. The van der Waals surface area contributed by atoms with Crippen molar-refractivity contribution in [1.82, 2.24) is 14.6 Å². The highest BCUT2D eigenvalue weighted by Gasteiger charge is 2.23. The number of benzene rings is 8. The zero-order valence-electron chi connectivity index (χ0n) is 33.6. The molecule has 2 heterocycles. The van der Waals surface area contributed by atoms with Crippen LogP contribution < -0.4 is 0 Å². The first-order valence-electron chi connectivity index (χ1n) is 20.8. The molecule has 0 radical (unpaired) electrons. The number of para-hydroxylation sites is 2. The predicted molar refractivity (Wildman–Crippen MR) is 246 cm³/mol. The number of hydrogen-bond acceptors (Lipinski definition) is 3. The van der Waals surface area contributed by atoms with Crippen molar-refractivity contribution in [3.63, 3.8) is 0 Å². The van der Waals surface area contributed by atoms with Crippen LogP contribution in [-0.2, 0) is 19.6 Å². The lowest BCUT2D eigenvalue weighted by Gasteiger charge is -2.39. The van der Waals surface area contributed by atoms with Crippen molar-refractivity contribution in [2.24, 2.45) is 0 Å². The summed E-state index contributed by atoms with van der Waals surface area (Å²) in [6, 6.07) is 70.6. The zero-order chi connectivity index (χ0) is 39.7. The fourth-order valence-electron chi connectivity index (χ4n) is 8.76. The van der Waals surface area contributed by atoms with Crippen molar-refractivity contribution in [3.8, 4) is 27.9 Å². The number of nitrogens with zero attached hydrogens (tertiary/aromatic N) is 3. The second-order valence-corrected chi connectivity index (χ2v) is 15.8. The molecule has 1 atom stereocenters. The Bertz CT molecular complexity index is 3020. The van der Waals surface area contributed by atoms with E-state index in [9.17, 15) is 0 Å². The number of hydrogen-bond donors (Lipinski definition) is 0. The van der Waals surface area contributed by atoms with Crippen molar-refractivity contribution in [2.75, 3.05) is 0 Å². The summed E-state index contributed by atoms with van der Waals surface area (Å²) in [6.07, 6.45) is 1.06. The number of hydrazine groups is 1. The molecule has 0 fully saturated rings. The van der Waals surface area contributed by atoms with Crippen LogP contribution in [0.1, 0.15) is 37.0 Å². The van der Waals surface area contributed by atoms with E-state index in [4.69, 9.17) is 4.42 Å². The molecule has 0 N–H and O–H groups in total. The normalized spacial score (nSPS) is 12.4. The first kappa shape index (κ1) is 36.6. The molecule has 10 rings (SSSR count). The Labute approximate surface area is 346 Å². The van der Waals surface area contributed by atoms with Gasteiger partial charge in [-0.15, -0.1) is 0 Å². The summed E-state index contributed by atoms with van der Waals surface area (Å²) < 4.78 is 8.97. The van der Waals surface area contributed by atoms with E-state index in [-0.39, 0.29) is 0 Å². The molecule has 0 spiro atoms. The quantitative estimate of drug-likeness (QED) is 0.116. The third-order valence-electron chi connectivity index (χ3n) is 12.0. The minimum absolute atomic E-state index is 0.371. The van der Waals surface area contributed by atoms with Gasteiger partial charge in [-0.2, -0.15) is 0 Å². The van der Waals surface area contributed by atoms with Gasteiger partial charge in [0, 0.05) is 58.5 Å². The second kappa shape index (κ2) is 15.9. The van der Waals surface area contributed by atoms with Crippen LogP contribution in [0.5, 0.6) is 0 Å². The van der Waals surface area contributed by atoms with Crippen LogP contribution in [0.3, 0.4) is 0 Å². The molecule has 1 unspecified atom stereocenters. The van der Waals surface area contributed by atoms with Gasteiger partial charge in [-0.1, -0.05) is 165 Å². The maximum Gasteiger partial charge on any atom is 0.143 e. The van der Waals surface area contributed by atoms with Crippen LogP contribution >= 0.6 is 0 Å². The standard InChI is InChI=1S/C55H47N3O/c1-3-39(2)57(38-41-18-9-5-10-19-41)56(36-40-16-7-4-8-17-40)37-42-26-30-46(31-27-42)58-52-33-29-44(43-20-11-6-12-21-43)34-51(52)48-32-28-45(35-53(48)58)47-23-15-24-50-49-22-13-14-25-54(49)59-55(47)50/h4-35,39H,3,36-38H2,1-2H3. The van der Waals surface area contributed by atoms with E-state index in [1.54, 1.807) is 0 Å². The molecule has 2 aromatic heterocycles.